The summed E-state index contributed by atoms with van der Waals surface area (Å²) in [4.78, 5) is 9.21. The van der Waals surface area contributed by atoms with E-state index < -0.39 is 0 Å². The third-order valence-electron chi connectivity index (χ3n) is 4.70. The number of aryl methyl sites for hydroxylation is 1. The molecule has 7 heteroatoms. The molecule has 1 N–H and O–H groups in total. The molecule has 1 unspecified atom stereocenters. The van der Waals surface area contributed by atoms with Crippen LogP contribution in [-0.4, -0.2) is 35.4 Å². The van der Waals surface area contributed by atoms with Gasteiger partial charge in [-0.1, -0.05) is 19.0 Å². The van der Waals surface area contributed by atoms with Gasteiger partial charge >= 0.3 is 0 Å². The van der Waals surface area contributed by atoms with E-state index in [0.29, 0.717) is 18.4 Å². The fourth-order valence-corrected chi connectivity index (χ4v) is 3.24. The van der Waals surface area contributed by atoms with Gasteiger partial charge in [0.05, 0.1) is 18.8 Å². The highest BCUT2D eigenvalue weighted by Gasteiger charge is 2.30. The number of nitrogens with zero attached hydrogens (tertiary/aromatic N) is 3. The van der Waals surface area contributed by atoms with Crippen molar-refractivity contribution in [2.24, 2.45) is 5.92 Å². The van der Waals surface area contributed by atoms with Crippen molar-refractivity contribution in [2.45, 2.75) is 52.1 Å². The minimum Gasteiger partial charge on any atom is -0.497 e. The molecule has 0 aliphatic carbocycles. The molecule has 7 nitrogen and oxygen atoms in total. The maximum absolute atomic E-state index is 5.59. The molecular formula is C19H28N4O3. The Bertz CT molecular complexity index is 711. The third-order valence-corrected chi connectivity index (χ3v) is 4.70. The number of nitrogens with one attached hydrogen (secondary N) is 1. The number of hydrogen-bond acceptors (Lipinski definition) is 7. The van der Waals surface area contributed by atoms with Gasteiger partial charge < -0.3 is 14.0 Å². The zero-order chi connectivity index (χ0) is 18.5. The quantitative estimate of drug-likeness (QED) is 0.812. The smallest absolute Gasteiger partial charge is 0.244 e. The molecule has 0 bridgehead atoms. The van der Waals surface area contributed by atoms with Gasteiger partial charge in [-0.15, -0.1) is 0 Å². The molecule has 0 saturated carbocycles. The van der Waals surface area contributed by atoms with Gasteiger partial charge in [-0.2, -0.15) is 4.98 Å². The van der Waals surface area contributed by atoms with E-state index >= 15 is 0 Å². The zero-order valence-corrected chi connectivity index (χ0v) is 16.0. The molecule has 3 rings (SSSR count). The van der Waals surface area contributed by atoms with Gasteiger partial charge in [0.15, 0.2) is 5.82 Å². The topological polar surface area (TPSA) is 82.3 Å². The molecule has 1 atom stereocenters. The minimum atomic E-state index is -0.00722. The van der Waals surface area contributed by atoms with Crippen molar-refractivity contribution in [3.8, 4) is 5.75 Å². The standard InChI is InChI=1S/C19H28N4O3/c1-12(2)18-22-19(26-23-18)17(14-5-7-25-8-6-14)20-11-15-10-16(24-4)9-13(3)21-15/h9-10,12,14,17,20H,5-8,11H2,1-4H3. The first-order valence-electron chi connectivity index (χ1n) is 9.23. The summed E-state index contributed by atoms with van der Waals surface area (Å²) in [7, 11) is 1.67. The predicted molar refractivity (Wildman–Crippen MR) is 97.0 cm³/mol. The average Bonchev–Trinajstić information content (AvgIpc) is 3.12. The average molecular weight is 360 g/mol. The number of ether oxygens (including phenoxy) is 2. The first kappa shape index (κ1) is 18.8. The van der Waals surface area contributed by atoms with Crippen molar-refractivity contribution in [3.63, 3.8) is 0 Å². The summed E-state index contributed by atoms with van der Waals surface area (Å²) in [5, 5.41) is 7.72. The monoisotopic (exact) mass is 360 g/mol. The number of pyridine rings is 1. The van der Waals surface area contributed by atoms with Crippen molar-refractivity contribution in [1.29, 1.82) is 0 Å². The lowest BCUT2D eigenvalue weighted by molar-refractivity contribution is 0.0485. The lowest BCUT2D eigenvalue weighted by Crippen LogP contribution is -2.32. The lowest BCUT2D eigenvalue weighted by Gasteiger charge is -2.28. The molecular weight excluding hydrogens is 332 g/mol. The SMILES string of the molecule is COc1cc(C)nc(CNC(c2nc(C(C)C)no2)C2CCOCC2)c1. The van der Waals surface area contributed by atoms with Crippen LogP contribution < -0.4 is 10.1 Å². The van der Waals surface area contributed by atoms with Gasteiger partial charge in [0.1, 0.15) is 5.75 Å². The number of rotatable bonds is 7. The Morgan fingerprint density at radius 1 is 1.23 bits per heavy atom. The van der Waals surface area contributed by atoms with Crippen LogP contribution in [0.25, 0.3) is 0 Å². The highest BCUT2D eigenvalue weighted by Crippen LogP contribution is 2.30. The molecule has 1 fully saturated rings. The van der Waals surface area contributed by atoms with E-state index in [4.69, 9.17) is 14.0 Å². The molecule has 142 valence electrons. The molecule has 0 amide bonds. The van der Waals surface area contributed by atoms with Crippen LogP contribution in [0.5, 0.6) is 5.75 Å². The van der Waals surface area contributed by atoms with E-state index in [-0.39, 0.29) is 12.0 Å². The van der Waals surface area contributed by atoms with E-state index in [0.717, 1.165) is 49.0 Å². The van der Waals surface area contributed by atoms with Crippen LogP contribution in [0.15, 0.2) is 16.7 Å². The van der Waals surface area contributed by atoms with Gasteiger partial charge in [0.25, 0.3) is 0 Å². The number of methoxy groups -OCH3 is 1. The van der Waals surface area contributed by atoms with Crippen LogP contribution in [0, 0.1) is 12.8 Å². The molecule has 0 radical (unpaired) electrons. The van der Waals surface area contributed by atoms with Gasteiger partial charge in [-0.05, 0) is 25.7 Å². The van der Waals surface area contributed by atoms with Crippen molar-refractivity contribution < 1.29 is 14.0 Å². The molecule has 26 heavy (non-hydrogen) atoms. The van der Waals surface area contributed by atoms with Crippen molar-refractivity contribution in [1.82, 2.24) is 20.4 Å². The van der Waals surface area contributed by atoms with Gasteiger partial charge in [-0.25, -0.2) is 0 Å². The molecule has 2 aromatic rings. The van der Waals surface area contributed by atoms with E-state index in [2.05, 4.69) is 34.3 Å². The van der Waals surface area contributed by atoms with Crippen LogP contribution >= 0.6 is 0 Å². The summed E-state index contributed by atoms with van der Waals surface area (Å²) in [5.41, 5.74) is 1.87. The molecule has 1 aliphatic heterocycles. The zero-order valence-electron chi connectivity index (χ0n) is 16.0. The van der Waals surface area contributed by atoms with Crippen LogP contribution in [0.4, 0.5) is 0 Å². The van der Waals surface area contributed by atoms with Crippen LogP contribution in [0.3, 0.4) is 0 Å². The lowest BCUT2D eigenvalue weighted by atomic mass is 9.91. The highest BCUT2D eigenvalue weighted by molar-refractivity contribution is 5.26. The summed E-state index contributed by atoms with van der Waals surface area (Å²) < 4.78 is 16.5. The predicted octanol–water partition coefficient (Wildman–Crippen LogP) is 3.16. The molecule has 1 aliphatic rings. The molecule has 0 aromatic carbocycles. The van der Waals surface area contributed by atoms with E-state index in [9.17, 15) is 0 Å². The summed E-state index contributed by atoms with van der Waals surface area (Å²) in [5.74, 6) is 2.85. The molecule has 2 aromatic heterocycles. The normalized spacial score (nSPS) is 16.8. The second kappa shape index (κ2) is 8.60. The van der Waals surface area contributed by atoms with E-state index in [1.807, 2.05) is 19.1 Å². The van der Waals surface area contributed by atoms with Crippen LogP contribution in [-0.2, 0) is 11.3 Å². The second-order valence-electron chi connectivity index (χ2n) is 7.09. The maximum Gasteiger partial charge on any atom is 0.244 e. The Balaban J connectivity index is 1.77. The van der Waals surface area contributed by atoms with Gasteiger partial charge in [-0.3, -0.25) is 10.3 Å². The highest BCUT2D eigenvalue weighted by atomic mass is 16.5. The summed E-state index contributed by atoms with van der Waals surface area (Å²) in [6.45, 7) is 8.24. The Morgan fingerprint density at radius 3 is 2.65 bits per heavy atom. The molecule has 3 heterocycles. The first-order chi connectivity index (χ1) is 12.6. The Morgan fingerprint density at radius 2 is 2.00 bits per heavy atom. The van der Waals surface area contributed by atoms with Gasteiger partial charge in [0, 0.05) is 43.5 Å². The van der Waals surface area contributed by atoms with Crippen molar-refractivity contribution >= 4 is 0 Å². The van der Waals surface area contributed by atoms with Crippen molar-refractivity contribution in [3.05, 3.63) is 35.2 Å². The number of hydrogen-bond donors (Lipinski definition) is 1. The fourth-order valence-electron chi connectivity index (χ4n) is 3.24. The van der Waals surface area contributed by atoms with E-state index in [1.165, 1.54) is 0 Å². The first-order valence-corrected chi connectivity index (χ1v) is 9.23. The maximum atomic E-state index is 5.59. The minimum absolute atomic E-state index is 0.00722. The summed E-state index contributed by atoms with van der Waals surface area (Å²) in [6.07, 6.45) is 1.95. The Hall–Kier alpha value is -1.99. The van der Waals surface area contributed by atoms with Crippen molar-refractivity contribution in [2.75, 3.05) is 20.3 Å². The summed E-state index contributed by atoms with van der Waals surface area (Å²) >= 11 is 0. The largest absolute Gasteiger partial charge is 0.497 e. The molecule has 0 spiro atoms. The Labute approximate surface area is 154 Å². The van der Waals surface area contributed by atoms with Gasteiger partial charge in [0.2, 0.25) is 5.89 Å². The third kappa shape index (κ3) is 4.59. The molecule has 1 saturated heterocycles. The number of aromatic nitrogens is 3. The second-order valence-corrected chi connectivity index (χ2v) is 7.09. The Kier molecular flexibility index (Phi) is 6.21. The fraction of sp³-hybridized carbons (Fsp3) is 0.632. The summed E-state index contributed by atoms with van der Waals surface area (Å²) in [6, 6.07) is 3.87. The van der Waals surface area contributed by atoms with Crippen LogP contribution in [0.1, 0.15) is 61.8 Å². The van der Waals surface area contributed by atoms with E-state index in [1.54, 1.807) is 7.11 Å². The van der Waals surface area contributed by atoms with Crippen LogP contribution in [0.2, 0.25) is 0 Å².